The van der Waals surface area contributed by atoms with E-state index in [1.807, 2.05) is 0 Å². The van der Waals surface area contributed by atoms with Crippen LogP contribution >= 0.6 is 0 Å². The smallest absolute Gasteiger partial charge is 0.109 e. The van der Waals surface area contributed by atoms with E-state index in [0.717, 1.165) is 12.8 Å². The summed E-state index contributed by atoms with van der Waals surface area (Å²) in [7, 11) is 5.43. The largest absolute Gasteiger partial charge is 0.381 e. The zero-order valence-corrected chi connectivity index (χ0v) is 4.84. The lowest BCUT2D eigenvalue weighted by molar-refractivity contribution is 0.120. The maximum atomic E-state index is 5.43. The van der Waals surface area contributed by atoms with Crippen LogP contribution in [-0.4, -0.2) is 20.0 Å². The van der Waals surface area contributed by atoms with Gasteiger partial charge < -0.3 is 4.74 Å². The second-order valence-electron chi connectivity index (χ2n) is 2.03. The van der Waals surface area contributed by atoms with Gasteiger partial charge in [0.1, 0.15) is 7.85 Å². The van der Waals surface area contributed by atoms with Crippen LogP contribution in [0.2, 0.25) is 0 Å². The van der Waals surface area contributed by atoms with E-state index in [9.17, 15) is 0 Å². The quantitative estimate of drug-likeness (QED) is 0.357. The molecule has 0 bridgehead atoms. The standard InChI is InChI=1S/C6H9BO/c1-2-5-3-4-6(7)8-5/h2,5-6H,1,3-4H2/t5-,6?/m1/s1. The molecule has 8 heavy (non-hydrogen) atoms. The van der Waals surface area contributed by atoms with Gasteiger partial charge in [-0.25, -0.2) is 0 Å². The van der Waals surface area contributed by atoms with Crippen LogP contribution in [0.1, 0.15) is 12.8 Å². The highest BCUT2D eigenvalue weighted by molar-refractivity contribution is 6.11. The van der Waals surface area contributed by atoms with Gasteiger partial charge in [-0.1, -0.05) is 6.08 Å². The predicted molar refractivity (Wildman–Crippen MR) is 33.8 cm³/mol. The summed E-state index contributed by atoms with van der Waals surface area (Å²) in [6, 6.07) is -0.0435. The van der Waals surface area contributed by atoms with Gasteiger partial charge in [-0.05, 0) is 12.8 Å². The van der Waals surface area contributed by atoms with Gasteiger partial charge in [0, 0.05) is 6.00 Å². The van der Waals surface area contributed by atoms with E-state index in [-0.39, 0.29) is 12.1 Å². The highest BCUT2D eigenvalue weighted by atomic mass is 16.5. The van der Waals surface area contributed by atoms with E-state index in [0.29, 0.717) is 0 Å². The van der Waals surface area contributed by atoms with Crippen LogP contribution in [0.5, 0.6) is 0 Å². The Labute approximate surface area is 51.1 Å². The minimum atomic E-state index is -0.0435. The van der Waals surface area contributed by atoms with Crippen molar-refractivity contribution in [3.63, 3.8) is 0 Å². The monoisotopic (exact) mass is 108 g/mol. The van der Waals surface area contributed by atoms with E-state index < -0.39 is 0 Å². The molecule has 0 amide bonds. The maximum absolute atomic E-state index is 5.43. The van der Waals surface area contributed by atoms with Crippen molar-refractivity contribution in [3.05, 3.63) is 12.7 Å². The van der Waals surface area contributed by atoms with Gasteiger partial charge in [0.05, 0.1) is 6.10 Å². The topological polar surface area (TPSA) is 9.23 Å². The van der Waals surface area contributed by atoms with Crippen LogP contribution in [0, 0.1) is 0 Å². The number of hydrogen-bond donors (Lipinski definition) is 0. The molecular weight excluding hydrogens is 98.9 g/mol. The third-order valence-corrected chi connectivity index (χ3v) is 1.35. The summed E-state index contributed by atoms with van der Waals surface area (Å²) in [4.78, 5) is 0. The summed E-state index contributed by atoms with van der Waals surface area (Å²) in [5, 5.41) is 0. The number of rotatable bonds is 1. The second-order valence-corrected chi connectivity index (χ2v) is 2.03. The molecule has 0 aromatic carbocycles. The molecule has 1 saturated heterocycles. The summed E-state index contributed by atoms with van der Waals surface area (Å²) >= 11 is 0. The van der Waals surface area contributed by atoms with Gasteiger partial charge in [-0.15, -0.1) is 6.58 Å². The van der Waals surface area contributed by atoms with E-state index in [1.165, 1.54) is 0 Å². The molecule has 2 heteroatoms. The molecule has 2 atom stereocenters. The molecule has 0 N–H and O–H groups in total. The fraction of sp³-hybridized carbons (Fsp3) is 0.667. The Morgan fingerprint density at radius 1 is 1.62 bits per heavy atom. The van der Waals surface area contributed by atoms with Gasteiger partial charge in [-0.3, -0.25) is 0 Å². The van der Waals surface area contributed by atoms with Crippen LogP contribution in [0.3, 0.4) is 0 Å². The molecule has 1 aliphatic rings. The molecule has 1 heterocycles. The third kappa shape index (κ3) is 1.13. The Morgan fingerprint density at radius 3 is 2.62 bits per heavy atom. The van der Waals surface area contributed by atoms with E-state index in [1.54, 1.807) is 6.08 Å². The van der Waals surface area contributed by atoms with E-state index >= 15 is 0 Å². The first-order valence-electron chi connectivity index (χ1n) is 2.86. The molecule has 0 spiro atoms. The molecule has 2 radical (unpaired) electrons. The van der Waals surface area contributed by atoms with Crippen molar-refractivity contribution in [1.29, 1.82) is 0 Å². The zero-order valence-electron chi connectivity index (χ0n) is 4.84. The molecular formula is C6H9BO. The molecule has 1 nitrogen and oxygen atoms in total. The van der Waals surface area contributed by atoms with Gasteiger partial charge in [0.15, 0.2) is 0 Å². The Bertz CT molecular complexity index is 92.5. The van der Waals surface area contributed by atoms with Crippen LogP contribution in [0.25, 0.3) is 0 Å². The van der Waals surface area contributed by atoms with Crippen molar-refractivity contribution in [3.8, 4) is 0 Å². The summed E-state index contributed by atoms with van der Waals surface area (Å²) in [6.07, 6.45) is 4.01. The fourth-order valence-corrected chi connectivity index (χ4v) is 0.863. The molecule has 1 rings (SSSR count). The van der Waals surface area contributed by atoms with Crippen molar-refractivity contribution in [2.75, 3.05) is 0 Å². The molecule has 0 aromatic rings. The molecule has 1 unspecified atom stereocenters. The average molecular weight is 108 g/mol. The van der Waals surface area contributed by atoms with Crippen LogP contribution in [0.4, 0.5) is 0 Å². The predicted octanol–water partition coefficient (Wildman–Crippen LogP) is 0.846. The first-order chi connectivity index (χ1) is 3.83. The minimum Gasteiger partial charge on any atom is -0.381 e. The third-order valence-electron chi connectivity index (χ3n) is 1.35. The summed E-state index contributed by atoms with van der Waals surface area (Å²) < 4.78 is 5.17. The molecule has 42 valence electrons. The van der Waals surface area contributed by atoms with Gasteiger partial charge >= 0.3 is 0 Å². The number of hydrogen-bond acceptors (Lipinski definition) is 1. The van der Waals surface area contributed by atoms with Crippen molar-refractivity contribution < 1.29 is 4.74 Å². The normalized spacial score (nSPS) is 37.5. The highest BCUT2D eigenvalue weighted by Crippen LogP contribution is 2.16. The first-order valence-corrected chi connectivity index (χ1v) is 2.86. The lowest BCUT2D eigenvalue weighted by Gasteiger charge is -2.03. The van der Waals surface area contributed by atoms with Crippen molar-refractivity contribution in [1.82, 2.24) is 0 Å². The van der Waals surface area contributed by atoms with Gasteiger partial charge in [0.2, 0.25) is 0 Å². The zero-order chi connectivity index (χ0) is 5.98. The molecule has 0 saturated carbocycles. The molecule has 0 aromatic heterocycles. The van der Waals surface area contributed by atoms with Gasteiger partial charge in [0.25, 0.3) is 0 Å². The SMILES string of the molecule is [B]C1CC[C@@H](C=C)O1. The first kappa shape index (κ1) is 5.89. The Balaban J connectivity index is 2.32. The molecule has 1 aliphatic heterocycles. The summed E-state index contributed by atoms with van der Waals surface area (Å²) in [5.41, 5.74) is 0. The second kappa shape index (κ2) is 2.36. The Hall–Kier alpha value is -0.235. The van der Waals surface area contributed by atoms with Crippen LogP contribution < -0.4 is 0 Å². The fourth-order valence-electron chi connectivity index (χ4n) is 0.863. The lowest BCUT2D eigenvalue weighted by atomic mass is 9.97. The lowest BCUT2D eigenvalue weighted by Crippen LogP contribution is -2.07. The van der Waals surface area contributed by atoms with E-state index in [2.05, 4.69) is 6.58 Å². The average Bonchev–Trinajstić information content (AvgIpc) is 2.14. The minimum absolute atomic E-state index is 0.0435. The maximum Gasteiger partial charge on any atom is 0.109 e. The van der Waals surface area contributed by atoms with Crippen LogP contribution in [-0.2, 0) is 4.74 Å². The number of ether oxygens (including phenoxy) is 1. The molecule has 0 aliphatic carbocycles. The summed E-state index contributed by atoms with van der Waals surface area (Å²) in [5.74, 6) is 0. The van der Waals surface area contributed by atoms with Crippen molar-refractivity contribution in [2.24, 2.45) is 0 Å². The Morgan fingerprint density at radius 2 is 2.38 bits per heavy atom. The summed E-state index contributed by atoms with van der Waals surface area (Å²) in [6.45, 7) is 3.60. The molecule has 1 fully saturated rings. The van der Waals surface area contributed by atoms with E-state index in [4.69, 9.17) is 12.6 Å². The van der Waals surface area contributed by atoms with Crippen LogP contribution in [0.15, 0.2) is 12.7 Å². The Kier molecular flexibility index (Phi) is 1.74. The van der Waals surface area contributed by atoms with Crippen molar-refractivity contribution >= 4 is 7.85 Å². The highest BCUT2D eigenvalue weighted by Gasteiger charge is 2.17. The van der Waals surface area contributed by atoms with Crippen molar-refractivity contribution in [2.45, 2.75) is 24.9 Å². The van der Waals surface area contributed by atoms with Gasteiger partial charge in [-0.2, -0.15) is 0 Å².